The zero-order chi connectivity index (χ0) is 18.3. The molecule has 7 heteroatoms. The van der Waals surface area contributed by atoms with Crippen molar-refractivity contribution in [2.45, 2.75) is 32.6 Å². The number of nitrogens with one attached hydrogen (secondary N) is 2. The van der Waals surface area contributed by atoms with Crippen molar-refractivity contribution in [3.05, 3.63) is 57.9 Å². The fourth-order valence-electron chi connectivity index (χ4n) is 2.93. The topological polar surface area (TPSA) is 84.0 Å². The van der Waals surface area contributed by atoms with Gasteiger partial charge in [-0.05, 0) is 44.4 Å². The van der Waals surface area contributed by atoms with E-state index in [-0.39, 0.29) is 11.8 Å². The number of hydrogen-bond donors (Lipinski definition) is 2. The zero-order valence-electron chi connectivity index (χ0n) is 14.5. The van der Waals surface area contributed by atoms with Crippen molar-refractivity contribution in [3.63, 3.8) is 0 Å². The van der Waals surface area contributed by atoms with Crippen LogP contribution in [0, 0.1) is 13.8 Å². The van der Waals surface area contributed by atoms with Gasteiger partial charge >= 0.3 is 0 Å². The highest BCUT2D eigenvalue weighted by atomic mass is 32.1. The van der Waals surface area contributed by atoms with Gasteiger partial charge in [0.2, 0.25) is 0 Å². The van der Waals surface area contributed by atoms with Crippen LogP contribution in [0.2, 0.25) is 0 Å². The van der Waals surface area contributed by atoms with Crippen molar-refractivity contribution in [1.29, 1.82) is 0 Å². The first-order chi connectivity index (χ1) is 12.5. The van der Waals surface area contributed by atoms with Gasteiger partial charge in [-0.1, -0.05) is 18.2 Å². The minimum atomic E-state index is -0.357. The molecule has 1 aromatic carbocycles. The van der Waals surface area contributed by atoms with Crippen LogP contribution in [0.3, 0.4) is 0 Å². The van der Waals surface area contributed by atoms with E-state index < -0.39 is 0 Å². The van der Waals surface area contributed by atoms with Crippen LogP contribution in [0.25, 0.3) is 10.2 Å². The Morgan fingerprint density at radius 2 is 1.73 bits per heavy atom. The van der Waals surface area contributed by atoms with Crippen LogP contribution in [0.4, 0.5) is 0 Å². The van der Waals surface area contributed by atoms with Crippen molar-refractivity contribution in [3.8, 4) is 0 Å². The second kappa shape index (κ2) is 6.49. The van der Waals surface area contributed by atoms with Gasteiger partial charge in [-0.15, -0.1) is 11.3 Å². The van der Waals surface area contributed by atoms with Gasteiger partial charge < -0.3 is 0 Å². The molecular formula is C19H18N4O2S. The summed E-state index contributed by atoms with van der Waals surface area (Å²) in [5.74, 6) is 0.635. The van der Waals surface area contributed by atoms with Crippen molar-refractivity contribution < 1.29 is 9.59 Å². The van der Waals surface area contributed by atoms with E-state index in [1.165, 1.54) is 11.3 Å². The number of amides is 2. The monoisotopic (exact) mass is 366 g/mol. The molecule has 1 fully saturated rings. The molecule has 0 radical (unpaired) electrons. The summed E-state index contributed by atoms with van der Waals surface area (Å²) < 4.78 is 0. The Balaban J connectivity index is 1.56. The van der Waals surface area contributed by atoms with Crippen molar-refractivity contribution in [2.24, 2.45) is 0 Å². The molecule has 4 rings (SSSR count). The Hall–Kier alpha value is -2.80. The number of carbonyl (C=O) groups is 2. The third kappa shape index (κ3) is 3.06. The average molecular weight is 366 g/mol. The SMILES string of the molecule is Cc1nc(C2CC2)nc2sc(C(=O)NNC(=O)c3ccccc3)c(C)c12. The lowest BCUT2D eigenvalue weighted by Crippen LogP contribution is -2.41. The van der Waals surface area contributed by atoms with E-state index in [1.807, 2.05) is 19.9 Å². The van der Waals surface area contributed by atoms with Gasteiger partial charge in [0.15, 0.2) is 0 Å². The van der Waals surface area contributed by atoms with Crippen molar-refractivity contribution in [2.75, 3.05) is 0 Å². The first-order valence-electron chi connectivity index (χ1n) is 8.48. The molecule has 0 spiro atoms. The summed E-state index contributed by atoms with van der Waals surface area (Å²) in [6.07, 6.45) is 2.27. The highest BCUT2D eigenvalue weighted by Crippen LogP contribution is 2.40. The summed E-state index contributed by atoms with van der Waals surface area (Å²) in [5.41, 5.74) is 7.17. The lowest BCUT2D eigenvalue weighted by Gasteiger charge is -2.06. The largest absolute Gasteiger partial charge is 0.280 e. The Morgan fingerprint density at radius 3 is 2.42 bits per heavy atom. The van der Waals surface area contributed by atoms with Gasteiger partial charge in [-0.25, -0.2) is 9.97 Å². The minimum Gasteiger partial charge on any atom is -0.267 e. The van der Waals surface area contributed by atoms with Crippen LogP contribution in [0.15, 0.2) is 30.3 Å². The number of aryl methyl sites for hydroxylation is 2. The fraction of sp³-hybridized carbons (Fsp3) is 0.263. The molecule has 1 aliphatic carbocycles. The number of carbonyl (C=O) groups excluding carboxylic acids is 2. The number of fused-ring (bicyclic) bond motifs is 1. The molecule has 2 N–H and O–H groups in total. The van der Waals surface area contributed by atoms with Crippen LogP contribution in [-0.2, 0) is 0 Å². The van der Waals surface area contributed by atoms with Gasteiger partial charge in [0, 0.05) is 16.9 Å². The smallest absolute Gasteiger partial charge is 0.267 e. The molecule has 1 aliphatic rings. The molecule has 0 atom stereocenters. The van der Waals surface area contributed by atoms with Crippen LogP contribution in [-0.4, -0.2) is 21.8 Å². The molecule has 2 heterocycles. The van der Waals surface area contributed by atoms with Crippen molar-refractivity contribution in [1.82, 2.24) is 20.8 Å². The molecule has 0 aliphatic heterocycles. The molecule has 0 bridgehead atoms. The molecule has 3 aromatic rings. The Labute approximate surface area is 154 Å². The molecule has 2 aromatic heterocycles. The van der Waals surface area contributed by atoms with Gasteiger partial charge in [-0.3, -0.25) is 20.4 Å². The van der Waals surface area contributed by atoms with E-state index in [9.17, 15) is 9.59 Å². The van der Waals surface area contributed by atoms with Crippen molar-refractivity contribution >= 4 is 33.4 Å². The third-order valence-corrected chi connectivity index (χ3v) is 5.65. The second-order valence-electron chi connectivity index (χ2n) is 6.45. The molecule has 2 amide bonds. The number of nitrogens with zero attached hydrogens (tertiary/aromatic N) is 2. The number of rotatable bonds is 3. The third-order valence-electron chi connectivity index (χ3n) is 4.46. The standard InChI is InChI=1S/C19H18N4O2S/c1-10-14-11(2)20-16(12-8-9-12)21-19(14)26-15(10)18(25)23-22-17(24)13-6-4-3-5-7-13/h3-7,12H,8-9H2,1-2H3,(H,22,24)(H,23,25). The molecule has 0 unspecified atom stereocenters. The first kappa shape index (κ1) is 16.7. The van der Waals surface area contributed by atoms with E-state index in [2.05, 4.69) is 20.8 Å². The van der Waals surface area contributed by atoms with Crippen LogP contribution < -0.4 is 10.9 Å². The first-order valence-corrected chi connectivity index (χ1v) is 9.29. The summed E-state index contributed by atoms with van der Waals surface area (Å²) in [4.78, 5) is 35.2. The fourth-order valence-corrected chi connectivity index (χ4v) is 4.07. The summed E-state index contributed by atoms with van der Waals surface area (Å²) in [5, 5.41) is 0.930. The summed E-state index contributed by atoms with van der Waals surface area (Å²) in [7, 11) is 0. The van der Waals surface area contributed by atoms with E-state index in [4.69, 9.17) is 0 Å². The minimum absolute atomic E-state index is 0.345. The Kier molecular flexibility index (Phi) is 4.16. The number of aromatic nitrogens is 2. The maximum absolute atomic E-state index is 12.5. The number of thiophene rings is 1. The van der Waals surface area contributed by atoms with E-state index >= 15 is 0 Å². The normalized spacial score (nSPS) is 13.6. The molecular weight excluding hydrogens is 348 g/mol. The molecule has 132 valence electrons. The lowest BCUT2D eigenvalue weighted by atomic mass is 10.1. The van der Waals surface area contributed by atoms with E-state index in [1.54, 1.807) is 24.3 Å². The average Bonchev–Trinajstić information content (AvgIpc) is 3.44. The van der Waals surface area contributed by atoms with Crippen LogP contribution in [0.5, 0.6) is 0 Å². The quantitative estimate of drug-likeness (QED) is 0.697. The van der Waals surface area contributed by atoms with Gasteiger partial charge in [0.1, 0.15) is 10.7 Å². The summed E-state index contributed by atoms with van der Waals surface area (Å²) in [6, 6.07) is 8.74. The Bertz CT molecular complexity index is 1010. The summed E-state index contributed by atoms with van der Waals surface area (Å²) in [6.45, 7) is 3.84. The molecule has 0 saturated heterocycles. The maximum Gasteiger partial charge on any atom is 0.280 e. The van der Waals surface area contributed by atoms with Gasteiger partial charge in [-0.2, -0.15) is 0 Å². The van der Waals surface area contributed by atoms with Crippen LogP contribution in [0.1, 0.15) is 55.9 Å². The molecule has 6 nitrogen and oxygen atoms in total. The van der Waals surface area contributed by atoms with Gasteiger partial charge in [0.25, 0.3) is 11.8 Å². The number of hydrogen-bond acceptors (Lipinski definition) is 5. The summed E-state index contributed by atoms with van der Waals surface area (Å²) >= 11 is 1.34. The highest BCUT2D eigenvalue weighted by molar-refractivity contribution is 7.20. The Morgan fingerprint density at radius 1 is 1.04 bits per heavy atom. The number of benzene rings is 1. The second-order valence-corrected chi connectivity index (χ2v) is 7.45. The van der Waals surface area contributed by atoms with E-state index in [0.29, 0.717) is 16.4 Å². The predicted octanol–water partition coefficient (Wildman–Crippen LogP) is 3.26. The number of hydrazine groups is 1. The lowest BCUT2D eigenvalue weighted by molar-refractivity contribution is 0.0848. The van der Waals surface area contributed by atoms with Gasteiger partial charge in [0.05, 0.1) is 10.6 Å². The molecule has 26 heavy (non-hydrogen) atoms. The zero-order valence-corrected chi connectivity index (χ0v) is 15.3. The predicted molar refractivity (Wildman–Crippen MR) is 100 cm³/mol. The highest BCUT2D eigenvalue weighted by Gasteiger charge is 2.28. The molecule has 1 saturated carbocycles. The van der Waals surface area contributed by atoms with Crippen LogP contribution >= 0.6 is 11.3 Å². The maximum atomic E-state index is 12.5. The van der Waals surface area contributed by atoms with E-state index in [0.717, 1.165) is 40.1 Å².